The van der Waals surface area contributed by atoms with Gasteiger partial charge in [0, 0.05) is 22.0 Å². The SMILES string of the molecule is Clc1ccccc1Sc1ccccc1CNNc1ccccc1. The minimum Gasteiger partial charge on any atom is -0.321 e. The van der Waals surface area contributed by atoms with Crippen molar-refractivity contribution >= 4 is 29.1 Å². The molecule has 0 saturated heterocycles. The lowest BCUT2D eigenvalue weighted by Gasteiger charge is -2.12. The van der Waals surface area contributed by atoms with Crippen molar-refractivity contribution in [1.29, 1.82) is 0 Å². The molecule has 3 aromatic carbocycles. The average molecular weight is 341 g/mol. The Hall–Kier alpha value is -1.94. The second-order valence-electron chi connectivity index (χ2n) is 4.98. The summed E-state index contributed by atoms with van der Waals surface area (Å²) in [5, 5.41) is 0.780. The first-order valence-corrected chi connectivity index (χ1v) is 8.56. The van der Waals surface area contributed by atoms with E-state index in [1.54, 1.807) is 11.8 Å². The zero-order valence-corrected chi connectivity index (χ0v) is 14.1. The monoisotopic (exact) mass is 340 g/mol. The maximum absolute atomic E-state index is 6.26. The zero-order valence-electron chi connectivity index (χ0n) is 12.5. The summed E-state index contributed by atoms with van der Waals surface area (Å²) in [7, 11) is 0. The fraction of sp³-hybridized carbons (Fsp3) is 0.0526. The molecule has 0 aromatic heterocycles. The van der Waals surface area contributed by atoms with E-state index < -0.39 is 0 Å². The van der Waals surface area contributed by atoms with E-state index in [9.17, 15) is 0 Å². The van der Waals surface area contributed by atoms with Crippen LogP contribution in [0.25, 0.3) is 0 Å². The van der Waals surface area contributed by atoms with Gasteiger partial charge in [0.25, 0.3) is 0 Å². The highest BCUT2D eigenvalue weighted by Gasteiger charge is 2.06. The number of halogens is 1. The molecule has 0 aliphatic carbocycles. The van der Waals surface area contributed by atoms with Gasteiger partial charge in [-0.3, -0.25) is 0 Å². The van der Waals surface area contributed by atoms with E-state index in [0.717, 1.165) is 22.2 Å². The first-order chi connectivity index (χ1) is 11.3. The Morgan fingerprint density at radius 2 is 1.39 bits per heavy atom. The molecule has 0 aliphatic heterocycles. The average Bonchev–Trinajstić information content (AvgIpc) is 2.59. The summed E-state index contributed by atoms with van der Waals surface area (Å²) < 4.78 is 0. The third-order valence-electron chi connectivity index (χ3n) is 3.31. The van der Waals surface area contributed by atoms with Gasteiger partial charge in [0.15, 0.2) is 0 Å². The number of rotatable bonds is 6. The number of benzene rings is 3. The Morgan fingerprint density at radius 1 is 0.739 bits per heavy atom. The quantitative estimate of drug-likeness (QED) is 0.570. The van der Waals surface area contributed by atoms with E-state index in [1.807, 2.05) is 60.7 Å². The van der Waals surface area contributed by atoms with E-state index in [2.05, 4.69) is 29.1 Å². The van der Waals surface area contributed by atoms with Crippen LogP contribution >= 0.6 is 23.4 Å². The van der Waals surface area contributed by atoms with E-state index in [0.29, 0.717) is 0 Å². The highest BCUT2D eigenvalue weighted by atomic mass is 35.5. The zero-order chi connectivity index (χ0) is 15.9. The van der Waals surface area contributed by atoms with Gasteiger partial charge in [-0.1, -0.05) is 71.9 Å². The van der Waals surface area contributed by atoms with Crippen molar-refractivity contribution in [2.24, 2.45) is 0 Å². The Kier molecular flexibility index (Phi) is 5.59. The molecule has 2 nitrogen and oxygen atoms in total. The largest absolute Gasteiger partial charge is 0.321 e. The molecule has 0 radical (unpaired) electrons. The summed E-state index contributed by atoms with van der Waals surface area (Å²) in [4.78, 5) is 2.26. The van der Waals surface area contributed by atoms with Gasteiger partial charge in [0.2, 0.25) is 0 Å². The van der Waals surface area contributed by atoms with Crippen LogP contribution in [0.4, 0.5) is 5.69 Å². The van der Waals surface area contributed by atoms with Gasteiger partial charge in [-0.25, -0.2) is 5.43 Å². The van der Waals surface area contributed by atoms with Crippen LogP contribution in [0.1, 0.15) is 5.56 Å². The molecule has 0 amide bonds. The van der Waals surface area contributed by atoms with Crippen molar-refractivity contribution in [3.05, 3.63) is 89.4 Å². The molecule has 3 rings (SSSR count). The van der Waals surface area contributed by atoms with Gasteiger partial charge in [0.05, 0.1) is 5.02 Å². The summed E-state index contributed by atoms with van der Waals surface area (Å²) in [6.07, 6.45) is 0. The van der Waals surface area contributed by atoms with Crippen molar-refractivity contribution in [3.8, 4) is 0 Å². The van der Waals surface area contributed by atoms with Crippen LogP contribution in [0.3, 0.4) is 0 Å². The van der Waals surface area contributed by atoms with Crippen LogP contribution in [0.15, 0.2) is 88.7 Å². The molecule has 2 N–H and O–H groups in total. The first kappa shape index (κ1) is 15.9. The molecular formula is C19H17ClN2S. The Labute approximate surface area is 145 Å². The molecule has 0 spiro atoms. The summed E-state index contributed by atoms with van der Waals surface area (Å²) in [6.45, 7) is 0.725. The summed E-state index contributed by atoms with van der Waals surface area (Å²) >= 11 is 7.95. The summed E-state index contributed by atoms with van der Waals surface area (Å²) in [5.74, 6) is 0. The first-order valence-electron chi connectivity index (χ1n) is 7.37. The van der Waals surface area contributed by atoms with Crippen LogP contribution in [0, 0.1) is 0 Å². The second kappa shape index (κ2) is 8.06. The smallest absolute Gasteiger partial charge is 0.0545 e. The topological polar surface area (TPSA) is 24.1 Å². The molecule has 3 aromatic rings. The molecule has 0 aliphatic rings. The highest BCUT2D eigenvalue weighted by Crippen LogP contribution is 2.34. The van der Waals surface area contributed by atoms with E-state index >= 15 is 0 Å². The molecule has 0 fully saturated rings. The predicted octanol–water partition coefficient (Wildman–Crippen LogP) is 5.61. The minimum absolute atomic E-state index is 0.725. The Morgan fingerprint density at radius 3 is 2.17 bits per heavy atom. The van der Waals surface area contributed by atoms with E-state index in [-0.39, 0.29) is 0 Å². The number of hydrogen-bond donors (Lipinski definition) is 2. The van der Waals surface area contributed by atoms with Crippen molar-refractivity contribution in [2.45, 2.75) is 16.3 Å². The number of nitrogens with one attached hydrogen (secondary N) is 2. The maximum atomic E-state index is 6.26. The number of anilines is 1. The molecule has 0 atom stereocenters. The van der Waals surface area contributed by atoms with Crippen molar-refractivity contribution in [2.75, 3.05) is 5.43 Å². The van der Waals surface area contributed by atoms with Crippen LogP contribution in [0.5, 0.6) is 0 Å². The molecule has 0 heterocycles. The molecule has 116 valence electrons. The van der Waals surface area contributed by atoms with Crippen molar-refractivity contribution in [3.63, 3.8) is 0 Å². The predicted molar refractivity (Wildman–Crippen MR) is 98.9 cm³/mol. The second-order valence-corrected chi connectivity index (χ2v) is 6.48. The van der Waals surface area contributed by atoms with Gasteiger partial charge in [-0.15, -0.1) is 0 Å². The van der Waals surface area contributed by atoms with Crippen LogP contribution in [0.2, 0.25) is 5.02 Å². The number of hydrogen-bond acceptors (Lipinski definition) is 3. The van der Waals surface area contributed by atoms with Gasteiger partial charge >= 0.3 is 0 Å². The van der Waals surface area contributed by atoms with E-state index in [4.69, 9.17) is 11.6 Å². The van der Waals surface area contributed by atoms with Crippen molar-refractivity contribution in [1.82, 2.24) is 5.43 Å². The van der Waals surface area contributed by atoms with Gasteiger partial charge < -0.3 is 5.43 Å². The summed E-state index contributed by atoms with van der Waals surface area (Å²) in [6, 6.07) is 26.3. The molecule has 0 bridgehead atoms. The van der Waals surface area contributed by atoms with Crippen LogP contribution < -0.4 is 10.9 Å². The third-order valence-corrected chi connectivity index (χ3v) is 4.95. The number of hydrazine groups is 1. The molecule has 23 heavy (non-hydrogen) atoms. The standard InChI is InChI=1S/C19H17ClN2S/c20-17-11-5-7-13-19(17)23-18-12-6-4-8-15(18)14-21-22-16-9-2-1-3-10-16/h1-13,21-22H,14H2. The summed E-state index contributed by atoms with van der Waals surface area (Å²) in [5.41, 5.74) is 8.74. The third kappa shape index (κ3) is 4.52. The van der Waals surface area contributed by atoms with Gasteiger partial charge in [-0.05, 0) is 35.9 Å². The van der Waals surface area contributed by atoms with Crippen molar-refractivity contribution < 1.29 is 0 Å². The fourth-order valence-corrected chi connectivity index (χ4v) is 3.38. The van der Waals surface area contributed by atoms with Crippen LogP contribution in [-0.2, 0) is 6.54 Å². The highest BCUT2D eigenvalue weighted by molar-refractivity contribution is 7.99. The molecule has 0 saturated carbocycles. The lowest BCUT2D eigenvalue weighted by atomic mass is 10.2. The van der Waals surface area contributed by atoms with E-state index in [1.165, 1.54) is 10.5 Å². The molecule has 4 heteroatoms. The molecule has 0 unspecified atom stereocenters. The van der Waals surface area contributed by atoms with Gasteiger partial charge in [-0.2, -0.15) is 0 Å². The van der Waals surface area contributed by atoms with Crippen LogP contribution in [-0.4, -0.2) is 0 Å². The van der Waals surface area contributed by atoms with Gasteiger partial charge in [0.1, 0.15) is 0 Å². The normalized spacial score (nSPS) is 10.5. The Bertz CT molecular complexity index is 762. The maximum Gasteiger partial charge on any atom is 0.0545 e. The Balaban J connectivity index is 1.67. The lowest BCUT2D eigenvalue weighted by Crippen LogP contribution is -2.21. The minimum atomic E-state index is 0.725. The number of para-hydroxylation sites is 1. The fourth-order valence-electron chi connectivity index (χ4n) is 2.16. The molecular weight excluding hydrogens is 324 g/mol. The lowest BCUT2D eigenvalue weighted by molar-refractivity contribution is 0.788.